The van der Waals surface area contributed by atoms with Crippen LogP contribution in [0.1, 0.15) is 54.5 Å². The van der Waals surface area contributed by atoms with Gasteiger partial charge >= 0.3 is 0 Å². The van der Waals surface area contributed by atoms with Crippen LogP contribution < -0.4 is 4.90 Å². The molecule has 2 aliphatic rings. The molecule has 1 amide bonds. The fourth-order valence-electron chi connectivity index (χ4n) is 4.80. The van der Waals surface area contributed by atoms with E-state index in [9.17, 15) is 14.7 Å². The van der Waals surface area contributed by atoms with Gasteiger partial charge in [-0.05, 0) is 24.0 Å². The number of morpholine rings is 1. The predicted octanol–water partition coefficient (Wildman–Crippen LogP) is 2.85. The number of quaternary nitrogens is 1. The Bertz CT molecular complexity index is 1050. The summed E-state index contributed by atoms with van der Waals surface area (Å²) in [6, 6.07) is 14.8. The van der Waals surface area contributed by atoms with Crippen LogP contribution in [0.5, 0.6) is 0 Å². The minimum absolute atomic E-state index is 0.113. The SMILES string of the molecule is Cc1ccc(C(O)=C2C(=O)C(=O)N(CCC[NH+]3CCOCC3)[C@H]2c2ccc(C(C)C)cc2)cc1. The second-order valence-corrected chi connectivity index (χ2v) is 9.65. The number of aliphatic hydroxyl groups excluding tert-OH is 1. The van der Waals surface area contributed by atoms with Crippen molar-refractivity contribution in [2.45, 2.75) is 39.2 Å². The Labute approximate surface area is 201 Å². The van der Waals surface area contributed by atoms with E-state index in [1.165, 1.54) is 10.5 Å². The van der Waals surface area contributed by atoms with Crippen molar-refractivity contribution in [2.75, 3.05) is 39.4 Å². The molecular weight excluding hydrogens is 428 g/mol. The third kappa shape index (κ3) is 5.08. The number of likely N-dealkylation sites (tertiary alicyclic amines) is 1. The molecule has 0 unspecified atom stereocenters. The molecule has 0 aromatic heterocycles. The van der Waals surface area contributed by atoms with E-state index in [0.717, 1.165) is 50.4 Å². The van der Waals surface area contributed by atoms with Crippen molar-refractivity contribution in [3.05, 3.63) is 76.4 Å². The zero-order valence-corrected chi connectivity index (χ0v) is 20.3. The number of rotatable bonds is 7. The molecule has 0 bridgehead atoms. The van der Waals surface area contributed by atoms with Crippen molar-refractivity contribution in [3.8, 4) is 0 Å². The van der Waals surface area contributed by atoms with Crippen molar-refractivity contribution >= 4 is 17.4 Å². The van der Waals surface area contributed by atoms with Crippen molar-refractivity contribution in [2.24, 2.45) is 0 Å². The van der Waals surface area contributed by atoms with Gasteiger partial charge in [0.2, 0.25) is 0 Å². The average molecular weight is 464 g/mol. The Morgan fingerprint density at radius 2 is 1.71 bits per heavy atom. The van der Waals surface area contributed by atoms with E-state index >= 15 is 0 Å². The number of carbonyl (C=O) groups excluding carboxylic acids is 2. The molecule has 180 valence electrons. The smallest absolute Gasteiger partial charge is 0.295 e. The summed E-state index contributed by atoms with van der Waals surface area (Å²) < 4.78 is 5.44. The summed E-state index contributed by atoms with van der Waals surface area (Å²) in [6.07, 6.45) is 0.785. The lowest BCUT2D eigenvalue weighted by Gasteiger charge is -2.27. The maximum absolute atomic E-state index is 13.2. The molecule has 0 aliphatic carbocycles. The zero-order chi connectivity index (χ0) is 24.2. The first kappa shape index (κ1) is 24.2. The molecule has 2 heterocycles. The Hall–Kier alpha value is -2.96. The maximum atomic E-state index is 13.2. The normalized spacial score (nSPS) is 20.9. The molecule has 2 N–H and O–H groups in total. The van der Waals surface area contributed by atoms with Gasteiger partial charge in [-0.1, -0.05) is 67.9 Å². The highest BCUT2D eigenvalue weighted by Gasteiger charge is 2.45. The molecule has 2 saturated heterocycles. The van der Waals surface area contributed by atoms with E-state index < -0.39 is 17.7 Å². The number of hydrogen-bond acceptors (Lipinski definition) is 4. The summed E-state index contributed by atoms with van der Waals surface area (Å²) in [5.41, 5.74) is 3.81. The molecule has 1 atom stereocenters. The van der Waals surface area contributed by atoms with Gasteiger partial charge in [-0.3, -0.25) is 9.59 Å². The second-order valence-electron chi connectivity index (χ2n) is 9.65. The molecule has 2 fully saturated rings. The lowest BCUT2D eigenvalue weighted by molar-refractivity contribution is -0.908. The van der Waals surface area contributed by atoms with Gasteiger partial charge in [0, 0.05) is 18.5 Å². The second kappa shape index (κ2) is 10.5. The molecular formula is C28H35N2O4+. The van der Waals surface area contributed by atoms with Crippen LogP contribution in [0.3, 0.4) is 0 Å². The first-order chi connectivity index (χ1) is 16.4. The van der Waals surface area contributed by atoms with Gasteiger partial charge in [-0.25, -0.2) is 0 Å². The summed E-state index contributed by atoms with van der Waals surface area (Å²) in [5.74, 6) is -0.889. The Morgan fingerprint density at radius 1 is 1.06 bits per heavy atom. The molecule has 6 heteroatoms. The molecule has 34 heavy (non-hydrogen) atoms. The van der Waals surface area contributed by atoms with E-state index in [4.69, 9.17) is 4.74 Å². The van der Waals surface area contributed by atoms with Crippen molar-refractivity contribution in [3.63, 3.8) is 0 Å². The number of hydrogen-bond donors (Lipinski definition) is 2. The van der Waals surface area contributed by atoms with E-state index in [1.54, 1.807) is 17.0 Å². The summed E-state index contributed by atoms with van der Waals surface area (Å²) in [6.45, 7) is 11.1. The van der Waals surface area contributed by atoms with Gasteiger partial charge in [0.05, 0.1) is 31.4 Å². The van der Waals surface area contributed by atoms with Gasteiger partial charge in [0.15, 0.2) is 0 Å². The summed E-state index contributed by atoms with van der Waals surface area (Å²) >= 11 is 0. The fourth-order valence-corrected chi connectivity index (χ4v) is 4.80. The number of nitrogens with one attached hydrogen (secondary N) is 1. The quantitative estimate of drug-likeness (QED) is 0.376. The maximum Gasteiger partial charge on any atom is 0.295 e. The minimum atomic E-state index is -0.616. The first-order valence-electron chi connectivity index (χ1n) is 12.2. The van der Waals surface area contributed by atoms with Crippen LogP contribution in [0.15, 0.2) is 54.1 Å². The highest BCUT2D eigenvalue weighted by atomic mass is 16.5. The number of ketones is 1. The number of Topliss-reactive ketones (excluding diaryl/α,β-unsaturated/α-hetero) is 1. The fraction of sp³-hybridized carbons (Fsp3) is 0.429. The lowest BCUT2D eigenvalue weighted by Crippen LogP contribution is -3.14. The van der Waals surface area contributed by atoms with E-state index in [-0.39, 0.29) is 11.3 Å². The Morgan fingerprint density at radius 3 is 2.32 bits per heavy atom. The van der Waals surface area contributed by atoms with Gasteiger partial charge in [-0.15, -0.1) is 0 Å². The highest BCUT2D eigenvalue weighted by Crippen LogP contribution is 2.39. The third-order valence-corrected chi connectivity index (χ3v) is 6.91. The minimum Gasteiger partial charge on any atom is -0.507 e. The van der Waals surface area contributed by atoms with Gasteiger partial charge in [0.25, 0.3) is 11.7 Å². The number of amides is 1. The molecule has 4 rings (SSSR count). The number of benzene rings is 2. The molecule has 2 aromatic rings. The Balaban J connectivity index is 1.67. The van der Waals surface area contributed by atoms with Gasteiger partial charge < -0.3 is 19.6 Å². The molecule has 2 aromatic carbocycles. The Kier molecular flexibility index (Phi) is 7.49. The first-order valence-corrected chi connectivity index (χ1v) is 12.2. The lowest BCUT2D eigenvalue weighted by atomic mass is 9.93. The van der Waals surface area contributed by atoms with Gasteiger partial charge in [0.1, 0.15) is 18.8 Å². The summed E-state index contributed by atoms with van der Waals surface area (Å²) in [4.78, 5) is 29.4. The van der Waals surface area contributed by atoms with Crippen LogP contribution in [-0.4, -0.2) is 61.1 Å². The van der Waals surface area contributed by atoms with E-state index in [0.29, 0.717) is 18.0 Å². The molecule has 0 saturated carbocycles. The number of carbonyl (C=O) groups is 2. The number of nitrogens with zero attached hydrogens (tertiary/aromatic N) is 1. The van der Waals surface area contributed by atoms with Gasteiger partial charge in [-0.2, -0.15) is 0 Å². The van der Waals surface area contributed by atoms with Crippen molar-refractivity contribution < 1.29 is 24.3 Å². The van der Waals surface area contributed by atoms with E-state index in [1.807, 2.05) is 43.3 Å². The zero-order valence-electron chi connectivity index (χ0n) is 20.3. The van der Waals surface area contributed by atoms with Crippen LogP contribution in [0, 0.1) is 6.92 Å². The van der Waals surface area contributed by atoms with Crippen LogP contribution in [0.4, 0.5) is 0 Å². The number of ether oxygens (including phenoxy) is 1. The van der Waals surface area contributed by atoms with Crippen molar-refractivity contribution in [1.82, 2.24) is 4.90 Å². The topological polar surface area (TPSA) is 71.3 Å². The number of aryl methyl sites for hydroxylation is 1. The van der Waals surface area contributed by atoms with Crippen molar-refractivity contribution in [1.29, 1.82) is 0 Å². The predicted molar refractivity (Wildman–Crippen MR) is 132 cm³/mol. The molecule has 6 nitrogen and oxygen atoms in total. The summed E-state index contributed by atoms with van der Waals surface area (Å²) in [7, 11) is 0. The molecule has 0 radical (unpaired) electrons. The van der Waals surface area contributed by atoms with Crippen LogP contribution in [-0.2, 0) is 14.3 Å². The monoisotopic (exact) mass is 463 g/mol. The van der Waals surface area contributed by atoms with Crippen LogP contribution in [0.2, 0.25) is 0 Å². The molecule has 0 spiro atoms. The third-order valence-electron chi connectivity index (χ3n) is 6.91. The number of aliphatic hydroxyl groups is 1. The average Bonchev–Trinajstić information content (AvgIpc) is 3.10. The van der Waals surface area contributed by atoms with Crippen LogP contribution in [0.25, 0.3) is 5.76 Å². The standard InChI is InChI=1S/C28H34N2O4/c1-19(2)21-9-11-22(12-10-21)25-24(26(31)23-7-5-20(3)6-8-23)27(32)28(33)30(25)14-4-13-29-15-17-34-18-16-29/h5-12,19,25,31H,4,13-18H2,1-3H3/p+1/t25-/m0/s1. The largest absolute Gasteiger partial charge is 0.507 e. The molecule has 2 aliphatic heterocycles. The highest BCUT2D eigenvalue weighted by molar-refractivity contribution is 6.46. The van der Waals surface area contributed by atoms with Crippen LogP contribution >= 0.6 is 0 Å². The summed E-state index contributed by atoms with van der Waals surface area (Å²) in [5, 5.41) is 11.2. The van der Waals surface area contributed by atoms with E-state index in [2.05, 4.69) is 13.8 Å².